The van der Waals surface area contributed by atoms with Crippen molar-refractivity contribution in [1.29, 1.82) is 0 Å². The van der Waals surface area contributed by atoms with E-state index in [1.54, 1.807) is 0 Å². The average molecular weight is 243 g/mol. The van der Waals surface area contributed by atoms with Gasteiger partial charge in [-0.05, 0) is 0 Å². The van der Waals surface area contributed by atoms with Gasteiger partial charge >= 0.3 is 0 Å². The van der Waals surface area contributed by atoms with Crippen LogP contribution in [0.15, 0.2) is 0 Å². The molecule has 1 saturated heterocycles. The van der Waals surface area contributed by atoms with Crippen LogP contribution in [0.2, 0.25) is 0 Å². The molecule has 0 aromatic heterocycles. The van der Waals surface area contributed by atoms with E-state index in [4.69, 9.17) is 20.1 Å². The molecule has 72 valence electrons. The molecular formula is C6H11BrO5. The molecule has 0 spiro atoms. The van der Waals surface area contributed by atoms with Crippen molar-refractivity contribution < 1.29 is 25.2 Å². The summed E-state index contributed by atoms with van der Waals surface area (Å²) >= 11 is 3.04. The monoisotopic (exact) mass is 242 g/mol. The molecule has 3 unspecified atom stereocenters. The van der Waals surface area contributed by atoms with Gasteiger partial charge in [0.05, 0.1) is 6.10 Å². The lowest BCUT2D eigenvalue weighted by Gasteiger charge is -2.37. The third-order valence-corrected chi connectivity index (χ3v) is 2.48. The van der Waals surface area contributed by atoms with Gasteiger partial charge in [-0.2, -0.15) is 0 Å². The number of aliphatic hydroxyl groups is 4. The molecule has 1 fully saturated rings. The zero-order valence-electron chi connectivity index (χ0n) is 6.17. The van der Waals surface area contributed by atoms with Crippen LogP contribution in [0.25, 0.3) is 0 Å². The number of hydrogen-bond acceptors (Lipinski definition) is 5. The van der Waals surface area contributed by atoms with Gasteiger partial charge in [-0.25, -0.2) is 0 Å². The van der Waals surface area contributed by atoms with Gasteiger partial charge in [0, 0.05) is 5.33 Å². The Bertz CT molecular complexity index is 150. The summed E-state index contributed by atoms with van der Waals surface area (Å²) in [5.41, 5.74) is 0. The summed E-state index contributed by atoms with van der Waals surface area (Å²) in [6.07, 6.45) is -6.13. The summed E-state index contributed by atoms with van der Waals surface area (Å²) in [6.45, 7) is 0. The zero-order valence-corrected chi connectivity index (χ0v) is 7.75. The molecule has 1 rings (SSSR count). The second-order valence-electron chi connectivity index (χ2n) is 2.69. The summed E-state index contributed by atoms with van der Waals surface area (Å²) in [5.74, 6) is 0. The van der Waals surface area contributed by atoms with Gasteiger partial charge in [0.25, 0.3) is 0 Å². The fourth-order valence-electron chi connectivity index (χ4n) is 1.06. The van der Waals surface area contributed by atoms with E-state index in [1.165, 1.54) is 0 Å². The van der Waals surface area contributed by atoms with Crippen LogP contribution in [0.3, 0.4) is 0 Å². The predicted molar refractivity (Wildman–Crippen MR) is 42.7 cm³/mol. The Morgan fingerprint density at radius 1 is 1.00 bits per heavy atom. The molecule has 0 aromatic rings. The van der Waals surface area contributed by atoms with E-state index in [1.807, 2.05) is 0 Å². The molecule has 5 nitrogen and oxygen atoms in total. The van der Waals surface area contributed by atoms with Crippen LogP contribution in [0, 0.1) is 0 Å². The SMILES string of the molecule is OC1C(O)[C@H](O)OC(CBr)[C@@H]1O. The van der Waals surface area contributed by atoms with E-state index < -0.39 is 30.7 Å². The first-order valence-electron chi connectivity index (χ1n) is 3.51. The van der Waals surface area contributed by atoms with Crippen LogP contribution < -0.4 is 0 Å². The number of hydrogen-bond donors (Lipinski definition) is 4. The maximum absolute atomic E-state index is 9.25. The van der Waals surface area contributed by atoms with Crippen LogP contribution in [0.5, 0.6) is 0 Å². The van der Waals surface area contributed by atoms with Gasteiger partial charge in [-0.1, -0.05) is 15.9 Å². The fourth-order valence-corrected chi connectivity index (χ4v) is 1.59. The summed E-state index contributed by atoms with van der Waals surface area (Å²) in [4.78, 5) is 0. The number of alkyl halides is 1. The average Bonchev–Trinajstić information content (AvgIpc) is 2.08. The fraction of sp³-hybridized carbons (Fsp3) is 1.00. The molecule has 6 heteroatoms. The maximum atomic E-state index is 9.25. The minimum absolute atomic E-state index is 0.287. The molecule has 1 heterocycles. The lowest BCUT2D eigenvalue weighted by molar-refractivity contribution is -0.276. The van der Waals surface area contributed by atoms with Crippen molar-refractivity contribution in [2.75, 3.05) is 5.33 Å². The molecule has 0 aliphatic carbocycles. The third-order valence-electron chi connectivity index (χ3n) is 1.84. The Morgan fingerprint density at radius 3 is 2.08 bits per heavy atom. The van der Waals surface area contributed by atoms with Gasteiger partial charge < -0.3 is 25.2 Å². The highest BCUT2D eigenvalue weighted by Crippen LogP contribution is 2.20. The normalized spacial score (nSPS) is 49.2. The number of ether oxygens (including phenoxy) is 1. The van der Waals surface area contributed by atoms with Crippen molar-refractivity contribution in [1.82, 2.24) is 0 Å². The zero-order chi connectivity index (χ0) is 9.30. The molecule has 0 amide bonds. The summed E-state index contributed by atoms with van der Waals surface area (Å²) in [7, 11) is 0. The van der Waals surface area contributed by atoms with E-state index in [-0.39, 0.29) is 5.33 Å². The van der Waals surface area contributed by atoms with Crippen molar-refractivity contribution in [3.05, 3.63) is 0 Å². The van der Waals surface area contributed by atoms with Crippen LogP contribution >= 0.6 is 15.9 Å². The van der Waals surface area contributed by atoms with Gasteiger partial charge in [0.2, 0.25) is 0 Å². The lowest BCUT2D eigenvalue weighted by Crippen LogP contribution is -2.57. The van der Waals surface area contributed by atoms with Crippen molar-refractivity contribution >= 4 is 15.9 Å². The molecule has 0 radical (unpaired) electrons. The van der Waals surface area contributed by atoms with E-state index in [9.17, 15) is 5.11 Å². The van der Waals surface area contributed by atoms with E-state index in [0.29, 0.717) is 0 Å². The van der Waals surface area contributed by atoms with Gasteiger partial charge in [-0.15, -0.1) is 0 Å². The lowest BCUT2D eigenvalue weighted by atomic mass is 10.0. The van der Waals surface area contributed by atoms with Crippen LogP contribution in [-0.4, -0.2) is 56.5 Å². The topological polar surface area (TPSA) is 90.2 Å². The quantitative estimate of drug-likeness (QED) is 0.407. The Labute approximate surface area is 77.7 Å². The molecule has 0 bridgehead atoms. The molecule has 5 atom stereocenters. The van der Waals surface area contributed by atoms with Crippen LogP contribution in [0.1, 0.15) is 0 Å². The minimum atomic E-state index is -1.45. The highest BCUT2D eigenvalue weighted by atomic mass is 79.9. The van der Waals surface area contributed by atoms with Crippen molar-refractivity contribution in [3.63, 3.8) is 0 Å². The molecule has 0 aromatic carbocycles. The molecule has 1 aliphatic heterocycles. The van der Waals surface area contributed by atoms with Gasteiger partial charge in [0.15, 0.2) is 6.29 Å². The van der Waals surface area contributed by atoms with Crippen molar-refractivity contribution in [2.24, 2.45) is 0 Å². The van der Waals surface area contributed by atoms with Gasteiger partial charge in [0.1, 0.15) is 18.3 Å². The summed E-state index contributed by atoms with van der Waals surface area (Å²) < 4.78 is 4.78. The van der Waals surface area contributed by atoms with Crippen molar-refractivity contribution in [2.45, 2.75) is 30.7 Å². The van der Waals surface area contributed by atoms with E-state index >= 15 is 0 Å². The van der Waals surface area contributed by atoms with Gasteiger partial charge in [-0.3, -0.25) is 0 Å². The first-order chi connectivity index (χ1) is 5.57. The molecule has 12 heavy (non-hydrogen) atoms. The molecule has 1 aliphatic rings. The van der Waals surface area contributed by atoms with Crippen molar-refractivity contribution in [3.8, 4) is 0 Å². The maximum Gasteiger partial charge on any atom is 0.183 e. The Kier molecular flexibility index (Phi) is 3.45. The Balaban J connectivity index is 2.63. The second-order valence-corrected chi connectivity index (χ2v) is 3.34. The molecular weight excluding hydrogens is 232 g/mol. The highest BCUT2D eigenvalue weighted by molar-refractivity contribution is 9.09. The van der Waals surface area contributed by atoms with E-state index in [0.717, 1.165) is 0 Å². The first kappa shape index (κ1) is 10.4. The minimum Gasteiger partial charge on any atom is -0.388 e. The second kappa shape index (κ2) is 3.99. The molecule has 4 N–H and O–H groups in total. The number of rotatable bonds is 1. The molecule has 0 saturated carbocycles. The van der Waals surface area contributed by atoms with Crippen LogP contribution in [-0.2, 0) is 4.74 Å². The standard InChI is InChI=1S/C6H11BrO5/c7-1-2-3(8)4(9)5(10)6(11)12-2/h2-6,8-11H,1H2/t2?,3-,4?,5?,6+/m0/s1. The third kappa shape index (κ3) is 1.78. The van der Waals surface area contributed by atoms with Crippen LogP contribution in [0.4, 0.5) is 0 Å². The highest BCUT2D eigenvalue weighted by Gasteiger charge is 2.42. The smallest absolute Gasteiger partial charge is 0.183 e. The number of aliphatic hydroxyl groups excluding tert-OH is 4. The Hall–Kier alpha value is 0.280. The van der Waals surface area contributed by atoms with E-state index in [2.05, 4.69) is 15.9 Å². The summed E-state index contributed by atoms with van der Waals surface area (Å²) in [6, 6.07) is 0. The summed E-state index contributed by atoms with van der Waals surface area (Å²) in [5, 5.41) is 36.7. The largest absolute Gasteiger partial charge is 0.388 e. The first-order valence-corrected chi connectivity index (χ1v) is 4.63. The predicted octanol–water partition coefficient (Wildman–Crippen LogP) is -1.82. The Morgan fingerprint density at radius 2 is 1.58 bits per heavy atom. The number of halogens is 1.